The van der Waals surface area contributed by atoms with E-state index in [4.69, 9.17) is 22.1 Å². The van der Waals surface area contributed by atoms with Gasteiger partial charge in [-0.2, -0.15) is 0 Å². The van der Waals surface area contributed by atoms with Gasteiger partial charge in [-0.05, 0) is 63.5 Å². The number of hydrogen-bond acceptors (Lipinski definition) is 5. The van der Waals surface area contributed by atoms with Crippen LogP contribution in [-0.4, -0.2) is 53.8 Å². The second-order valence-corrected chi connectivity index (χ2v) is 9.54. The van der Waals surface area contributed by atoms with E-state index < -0.39 is 6.09 Å². The van der Waals surface area contributed by atoms with Gasteiger partial charge in [0.15, 0.2) is 0 Å². The molecular formula is C23H32ClN3O4. The third-order valence-electron chi connectivity index (χ3n) is 7.31. The van der Waals surface area contributed by atoms with Crippen LogP contribution in [0.5, 0.6) is 5.75 Å². The lowest BCUT2D eigenvalue weighted by Crippen LogP contribution is -2.50. The molecule has 170 valence electrons. The van der Waals surface area contributed by atoms with E-state index in [9.17, 15) is 14.7 Å². The first-order valence-corrected chi connectivity index (χ1v) is 11.7. The molecule has 0 aromatic heterocycles. The van der Waals surface area contributed by atoms with Gasteiger partial charge in [-0.1, -0.05) is 18.5 Å². The maximum atomic E-state index is 13.6. The molecule has 8 heteroatoms. The number of nitrogens with two attached hydrogens (primary N) is 1. The van der Waals surface area contributed by atoms with E-state index in [1.54, 1.807) is 6.07 Å². The largest absolute Gasteiger partial charge is 0.410 e. The highest BCUT2D eigenvalue weighted by Crippen LogP contribution is 2.45. The van der Waals surface area contributed by atoms with Crippen LogP contribution >= 0.6 is 11.6 Å². The Hall–Kier alpha value is -1.99. The topological polar surface area (TPSA) is 96.1 Å². The number of benzene rings is 1. The SMILES string of the molecule is CCc1c(OC(N)=O)ccc(N2CCC[C@@]3(CCN(C4CCC(O)CC4)C3=O)C2)c1Cl. The van der Waals surface area contributed by atoms with E-state index in [1.165, 1.54) is 0 Å². The molecule has 1 saturated carbocycles. The molecule has 0 unspecified atom stereocenters. The molecule has 2 aliphatic heterocycles. The molecule has 2 amide bonds. The van der Waals surface area contributed by atoms with Crippen LogP contribution in [0, 0.1) is 5.41 Å². The molecule has 3 N–H and O–H groups in total. The van der Waals surface area contributed by atoms with E-state index in [0.717, 1.165) is 69.3 Å². The van der Waals surface area contributed by atoms with Crippen molar-refractivity contribution >= 4 is 29.3 Å². The quantitative estimate of drug-likeness (QED) is 0.733. The third-order valence-corrected chi connectivity index (χ3v) is 7.74. The van der Waals surface area contributed by atoms with E-state index in [1.807, 2.05) is 13.0 Å². The van der Waals surface area contributed by atoms with Crippen LogP contribution in [-0.2, 0) is 11.2 Å². The summed E-state index contributed by atoms with van der Waals surface area (Å²) in [6, 6.07) is 3.85. The Bertz CT molecular complexity index is 855. The summed E-state index contributed by atoms with van der Waals surface area (Å²) in [6.07, 6.45) is 5.56. The van der Waals surface area contributed by atoms with Crippen molar-refractivity contribution in [2.24, 2.45) is 11.1 Å². The summed E-state index contributed by atoms with van der Waals surface area (Å²) < 4.78 is 5.12. The standard InChI is InChI=1S/C23H32ClN3O4/c1-2-17-19(31-22(25)30)9-8-18(20(17)24)26-12-3-10-23(14-26)11-13-27(21(23)29)15-4-6-16(28)7-5-15/h8-9,15-16,28H,2-7,10-14H2,1H3,(H2,25,30)/t15?,16?,23-/m1/s1. The first-order chi connectivity index (χ1) is 14.8. The molecule has 0 radical (unpaired) electrons. The number of piperidine rings is 1. The van der Waals surface area contributed by atoms with Gasteiger partial charge in [-0.3, -0.25) is 4.79 Å². The first kappa shape index (κ1) is 22.2. The first-order valence-electron chi connectivity index (χ1n) is 11.4. The number of rotatable bonds is 4. The van der Waals surface area contributed by atoms with E-state index >= 15 is 0 Å². The van der Waals surface area contributed by atoms with Crippen molar-refractivity contribution in [2.45, 2.75) is 70.4 Å². The van der Waals surface area contributed by atoms with Gasteiger partial charge in [0.25, 0.3) is 0 Å². The molecule has 31 heavy (non-hydrogen) atoms. The van der Waals surface area contributed by atoms with Crippen molar-refractivity contribution in [3.8, 4) is 5.75 Å². The van der Waals surface area contributed by atoms with Crippen LogP contribution in [0.25, 0.3) is 0 Å². The number of primary amides is 1. The van der Waals surface area contributed by atoms with Gasteiger partial charge >= 0.3 is 6.09 Å². The molecule has 1 aromatic carbocycles. The summed E-state index contributed by atoms with van der Waals surface area (Å²) in [7, 11) is 0. The van der Waals surface area contributed by atoms with Crippen molar-refractivity contribution in [3.63, 3.8) is 0 Å². The normalized spacial score (nSPS) is 28.9. The Morgan fingerprint density at radius 1 is 1.26 bits per heavy atom. The maximum absolute atomic E-state index is 13.6. The average molecular weight is 450 g/mol. The highest BCUT2D eigenvalue weighted by Gasteiger charge is 2.50. The van der Waals surface area contributed by atoms with Crippen molar-refractivity contribution in [1.82, 2.24) is 4.90 Å². The molecule has 7 nitrogen and oxygen atoms in total. The van der Waals surface area contributed by atoms with Crippen molar-refractivity contribution < 1.29 is 19.4 Å². The Balaban J connectivity index is 1.54. The molecule has 3 aliphatic rings. The number of carbonyl (C=O) groups is 2. The minimum absolute atomic E-state index is 0.218. The van der Waals surface area contributed by atoms with Gasteiger partial charge in [0, 0.05) is 31.2 Å². The van der Waals surface area contributed by atoms with Crippen molar-refractivity contribution in [2.75, 3.05) is 24.5 Å². The van der Waals surface area contributed by atoms with Gasteiger partial charge in [0.2, 0.25) is 5.91 Å². The highest BCUT2D eigenvalue weighted by atomic mass is 35.5. The smallest absolute Gasteiger partial charge is 0.409 e. The third kappa shape index (κ3) is 4.22. The minimum atomic E-state index is -0.859. The number of amides is 2. The maximum Gasteiger partial charge on any atom is 0.409 e. The number of likely N-dealkylation sites (tertiary alicyclic amines) is 1. The van der Waals surface area contributed by atoms with Gasteiger partial charge in [0.05, 0.1) is 22.2 Å². The Morgan fingerprint density at radius 3 is 2.68 bits per heavy atom. The highest BCUT2D eigenvalue weighted by molar-refractivity contribution is 6.34. The molecule has 1 aliphatic carbocycles. The molecule has 2 heterocycles. The molecule has 2 saturated heterocycles. The number of nitrogens with zero attached hydrogens (tertiary/aromatic N) is 2. The van der Waals surface area contributed by atoms with Crippen LogP contribution in [0.2, 0.25) is 5.02 Å². The van der Waals surface area contributed by atoms with Crippen molar-refractivity contribution in [3.05, 3.63) is 22.7 Å². The number of carbonyl (C=O) groups excluding carboxylic acids is 2. The number of anilines is 1. The number of aliphatic hydroxyl groups excluding tert-OH is 1. The predicted molar refractivity (Wildman–Crippen MR) is 120 cm³/mol. The lowest BCUT2D eigenvalue weighted by Gasteiger charge is -2.42. The van der Waals surface area contributed by atoms with Gasteiger partial charge in [-0.15, -0.1) is 0 Å². The second-order valence-electron chi connectivity index (χ2n) is 9.17. The Morgan fingerprint density at radius 2 is 2.00 bits per heavy atom. The average Bonchev–Trinajstić information content (AvgIpc) is 3.04. The lowest BCUT2D eigenvalue weighted by molar-refractivity contribution is -0.139. The van der Waals surface area contributed by atoms with Crippen LogP contribution in [0.4, 0.5) is 10.5 Å². The van der Waals surface area contributed by atoms with Gasteiger partial charge in [-0.25, -0.2) is 4.79 Å². The minimum Gasteiger partial charge on any atom is -0.410 e. The molecule has 0 bridgehead atoms. The van der Waals surface area contributed by atoms with Crippen LogP contribution in [0.15, 0.2) is 12.1 Å². The Labute approximate surface area is 188 Å². The summed E-state index contributed by atoms with van der Waals surface area (Å²) >= 11 is 6.73. The molecule has 3 fully saturated rings. The summed E-state index contributed by atoms with van der Waals surface area (Å²) in [4.78, 5) is 29.1. The summed E-state index contributed by atoms with van der Waals surface area (Å²) in [6.45, 7) is 4.24. The number of ether oxygens (including phenoxy) is 1. The number of hydrogen-bond donors (Lipinski definition) is 2. The fourth-order valence-electron chi connectivity index (χ4n) is 5.65. The van der Waals surface area contributed by atoms with Gasteiger partial charge in [0.1, 0.15) is 5.75 Å². The van der Waals surface area contributed by atoms with E-state index in [0.29, 0.717) is 23.7 Å². The number of aliphatic hydroxyl groups is 1. The predicted octanol–water partition coefficient (Wildman–Crippen LogP) is 3.48. The van der Waals surface area contributed by atoms with Gasteiger partial charge < -0.3 is 25.4 Å². The molecule has 1 aromatic rings. The van der Waals surface area contributed by atoms with E-state index in [-0.39, 0.29) is 23.5 Å². The van der Waals surface area contributed by atoms with Crippen LogP contribution < -0.4 is 15.4 Å². The summed E-state index contributed by atoms with van der Waals surface area (Å²) in [5.74, 6) is 0.650. The summed E-state index contributed by atoms with van der Waals surface area (Å²) in [5, 5.41) is 10.4. The monoisotopic (exact) mass is 449 g/mol. The fraction of sp³-hybridized carbons (Fsp3) is 0.652. The lowest BCUT2D eigenvalue weighted by atomic mass is 9.78. The molecule has 1 spiro atoms. The zero-order chi connectivity index (χ0) is 22.2. The Kier molecular flexibility index (Phi) is 6.35. The zero-order valence-corrected chi connectivity index (χ0v) is 18.9. The zero-order valence-electron chi connectivity index (χ0n) is 18.1. The molecule has 4 rings (SSSR count). The van der Waals surface area contributed by atoms with Crippen molar-refractivity contribution in [1.29, 1.82) is 0 Å². The van der Waals surface area contributed by atoms with E-state index in [2.05, 4.69) is 9.80 Å². The van der Waals surface area contributed by atoms with Crippen LogP contribution in [0.3, 0.4) is 0 Å². The fourth-order valence-corrected chi connectivity index (χ4v) is 6.06. The second kappa shape index (κ2) is 8.87. The van der Waals surface area contributed by atoms with Crippen LogP contribution in [0.1, 0.15) is 57.4 Å². The molecular weight excluding hydrogens is 418 g/mol. The number of halogens is 1. The summed E-state index contributed by atoms with van der Waals surface area (Å²) in [5.41, 5.74) is 6.44. The molecule has 1 atom stereocenters.